The van der Waals surface area contributed by atoms with Crippen molar-refractivity contribution < 1.29 is 13.9 Å². The maximum absolute atomic E-state index is 13.5. The first-order chi connectivity index (χ1) is 11.3. The Morgan fingerprint density at radius 2 is 2.13 bits per heavy atom. The predicted molar refractivity (Wildman–Crippen MR) is 79.7 cm³/mol. The van der Waals surface area contributed by atoms with Gasteiger partial charge in [-0.25, -0.2) is 9.37 Å². The van der Waals surface area contributed by atoms with Crippen molar-refractivity contribution in [2.75, 3.05) is 13.2 Å². The molecule has 2 aromatic rings. The highest BCUT2D eigenvalue weighted by atomic mass is 19.1. The summed E-state index contributed by atoms with van der Waals surface area (Å²) < 4.78 is 24.1. The topological polar surface area (TPSA) is 80.9 Å². The Morgan fingerprint density at radius 3 is 2.61 bits per heavy atom. The Bertz CT molecular complexity index is 582. The van der Waals surface area contributed by atoms with Crippen molar-refractivity contribution in [3.8, 4) is 6.07 Å². The minimum Gasteiger partial charge on any atom is -0.373 e. The van der Waals surface area contributed by atoms with Gasteiger partial charge in [-0.15, -0.1) is 5.10 Å². The Morgan fingerprint density at radius 1 is 1.30 bits per heavy atom. The Kier molecular flexibility index (Phi) is 6.54. The molecule has 1 saturated heterocycles. The summed E-state index contributed by atoms with van der Waals surface area (Å²) in [5.74, 6) is 0. The van der Waals surface area contributed by atoms with E-state index in [1.165, 1.54) is 12.5 Å². The molecule has 0 amide bonds. The molecule has 0 radical (unpaired) electrons. The highest BCUT2D eigenvalue weighted by Gasteiger charge is 2.46. The van der Waals surface area contributed by atoms with Crippen molar-refractivity contribution in [3.05, 3.63) is 54.6 Å². The lowest BCUT2D eigenvalue weighted by Gasteiger charge is -2.22. The number of hydrogen-bond acceptors (Lipinski definition) is 6. The normalized spacial score (nSPS) is 22.7. The molecule has 1 aromatic heterocycles. The van der Waals surface area contributed by atoms with E-state index >= 15 is 0 Å². The number of nitriles is 1. The third kappa shape index (κ3) is 5.06. The van der Waals surface area contributed by atoms with Crippen molar-refractivity contribution in [1.82, 2.24) is 15.2 Å². The lowest BCUT2D eigenvalue weighted by atomic mass is 10.0. The molecule has 1 aromatic carbocycles. The van der Waals surface area contributed by atoms with Crippen LogP contribution in [0.15, 0.2) is 49.1 Å². The molecule has 23 heavy (non-hydrogen) atoms. The van der Waals surface area contributed by atoms with Crippen LogP contribution in [-0.2, 0) is 16.1 Å². The minimum absolute atomic E-state index is 0.0282. The number of alkyl halides is 1. The van der Waals surface area contributed by atoms with Crippen molar-refractivity contribution in [3.63, 3.8) is 0 Å². The fourth-order valence-electron chi connectivity index (χ4n) is 2.03. The Labute approximate surface area is 133 Å². The van der Waals surface area contributed by atoms with Crippen LogP contribution in [-0.4, -0.2) is 40.2 Å². The van der Waals surface area contributed by atoms with Gasteiger partial charge in [0.2, 0.25) is 5.60 Å². The lowest BCUT2D eigenvalue weighted by Crippen LogP contribution is -2.40. The second-order valence-electron chi connectivity index (χ2n) is 4.88. The number of rotatable bonds is 4. The average Bonchev–Trinajstić information content (AvgIpc) is 2.99. The van der Waals surface area contributed by atoms with Crippen LogP contribution in [0.4, 0.5) is 4.39 Å². The van der Waals surface area contributed by atoms with Crippen LogP contribution in [0.5, 0.6) is 0 Å². The molecule has 0 spiro atoms. The molecule has 120 valence electrons. The molecule has 0 bridgehead atoms. The van der Waals surface area contributed by atoms with Crippen molar-refractivity contribution in [1.29, 1.82) is 5.26 Å². The first-order valence-corrected chi connectivity index (χ1v) is 7.14. The maximum atomic E-state index is 13.5. The third-order valence-corrected chi connectivity index (χ3v) is 3.26. The van der Waals surface area contributed by atoms with Crippen LogP contribution in [0, 0.1) is 11.3 Å². The second-order valence-corrected chi connectivity index (χ2v) is 4.88. The van der Waals surface area contributed by atoms with Crippen LogP contribution in [0.3, 0.4) is 0 Å². The van der Waals surface area contributed by atoms with Crippen LogP contribution in [0.2, 0.25) is 0 Å². The zero-order valence-electron chi connectivity index (χ0n) is 12.5. The molecule has 6 nitrogen and oxygen atoms in total. The van der Waals surface area contributed by atoms with Crippen LogP contribution >= 0.6 is 0 Å². The zero-order valence-corrected chi connectivity index (χ0v) is 12.5. The van der Waals surface area contributed by atoms with Gasteiger partial charge in [-0.3, -0.25) is 0 Å². The summed E-state index contributed by atoms with van der Waals surface area (Å²) in [6.45, 7) is 0.614. The van der Waals surface area contributed by atoms with E-state index in [0.29, 0.717) is 6.61 Å². The number of halogens is 1. The van der Waals surface area contributed by atoms with Gasteiger partial charge in [0.1, 0.15) is 18.6 Å². The van der Waals surface area contributed by atoms with Gasteiger partial charge < -0.3 is 9.47 Å². The highest BCUT2D eigenvalue weighted by Crippen LogP contribution is 2.29. The molecule has 0 saturated carbocycles. The first-order valence-electron chi connectivity index (χ1n) is 7.14. The molecular weight excluding hydrogens is 299 g/mol. The Balaban J connectivity index is 0.000000268. The number of hydrogen-bond donors (Lipinski definition) is 0. The fraction of sp³-hybridized carbons (Fsp3) is 0.375. The van der Waals surface area contributed by atoms with E-state index in [4.69, 9.17) is 14.7 Å². The molecular formula is C16H17FN4O2. The molecule has 1 aliphatic heterocycles. The molecule has 7 heteroatoms. The summed E-state index contributed by atoms with van der Waals surface area (Å²) in [5.41, 5.74) is -0.414. The highest BCUT2D eigenvalue weighted by molar-refractivity contribution is 5.14. The van der Waals surface area contributed by atoms with Gasteiger partial charge in [-0.2, -0.15) is 10.4 Å². The van der Waals surface area contributed by atoms with E-state index in [1.54, 1.807) is 6.20 Å². The number of benzene rings is 1. The van der Waals surface area contributed by atoms with Crippen LogP contribution < -0.4 is 0 Å². The number of aromatic nitrogens is 3. The molecule has 2 unspecified atom stereocenters. The van der Waals surface area contributed by atoms with Crippen molar-refractivity contribution >= 4 is 0 Å². The van der Waals surface area contributed by atoms with E-state index in [1.807, 2.05) is 36.4 Å². The van der Waals surface area contributed by atoms with Crippen molar-refractivity contribution in [2.45, 2.75) is 24.8 Å². The summed E-state index contributed by atoms with van der Waals surface area (Å²) in [4.78, 5) is 3.61. The number of ether oxygens (including phenoxy) is 2. The minimum atomic E-state index is -1.41. The smallest absolute Gasteiger partial charge is 0.208 e. The number of nitrogens with zero attached hydrogens (tertiary/aromatic N) is 4. The standard InChI is InChI=1S/C13H14FNO2.C3H3N3/c14-12-6-7-17-13(12,9-15)10-16-8-11-4-2-1-3-5-11;1-2-5-6-3-4-1/h1-5,12H,6-8,10H2;1-3H. The first kappa shape index (κ1) is 16.9. The van der Waals surface area contributed by atoms with Gasteiger partial charge in [0.25, 0.3) is 0 Å². The van der Waals surface area contributed by atoms with Gasteiger partial charge in [-0.1, -0.05) is 30.3 Å². The molecule has 3 rings (SSSR count). The van der Waals surface area contributed by atoms with E-state index in [0.717, 1.165) is 5.56 Å². The van der Waals surface area contributed by atoms with E-state index in [-0.39, 0.29) is 19.6 Å². The van der Waals surface area contributed by atoms with Gasteiger partial charge in [-0.05, 0) is 5.56 Å². The molecule has 1 fully saturated rings. The molecule has 1 aliphatic rings. The third-order valence-electron chi connectivity index (χ3n) is 3.26. The zero-order chi connectivity index (χ0) is 16.4. The fourth-order valence-corrected chi connectivity index (χ4v) is 2.03. The predicted octanol–water partition coefficient (Wildman–Crippen LogP) is 2.10. The summed E-state index contributed by atoms with van der Waals surface area (Å²) in [7, 11) is 0. The van der Waals surface area contributed by atoms with Crippen molar-refractivity contribution in [2.24, 2.45) is 0 Å². The van der Waals surface area contributed by atoms with Crippen LogP contribution in [0.25, 0.3) is 0 Å². The quantitative estimate of drug-likeness (QED) is 0.859. The lowest BCUT2D eigenvalue weighted by molar-refractivity contribution is -0.0566. The molecule has 0 aliphatic carbocycles. The summed E-state index contributed by atoms with van der Waals surface area (Å²) in [6.07, 6.45) is 3.50. The summed E-state index contributed by atoms with van der Waals surface area (Å²) in [5, 5.41) is 15.9. The molecule has 0 N–H and O–H groups in total. The van der Waals surface area contributed by atoms with Gasteiger partial charge in [0.05, 0.1) is 26.0 Å². The molecule has 2 heterocycles. The SMILES string of the molecule is N#CC1(COCc2ccccc2)OCCC1F.c1cnncn1. The average molecular weight is 316 g/mol. The molecule has 2 atom stereocenters. The van der Waals surface area contributed by atoms with Gasteiger partial charge in [0.15, 0.2) is 0 Å². The van der Waals surface area contributed by atoms with E-state index in [2.05, 4.69) is 15.2 Å². The van der Waals surface area contributed by atoms with E-state index < -0.39 is 11.8 Å². The largest absolute Gasteiger partial charge is 0.373 e. The maximum Gasteiger partial charge on any atom is 0.208 e. The monoisotopic (exact) mass is 316 g/mol. The van der Waals surface area contributed by atoms with Gasteiger partial charge in [0, 0.05) is 12.6 Å². The van der Waals surface area contributed by atoms with Gasteiger partial charge >= 0.3 is 0 Å². The van der Waals surface area contributed by atoms with Crippen LogP contribution in [0.1, 0.15) is 12.0 Å². The second kappa shape index (κ2) is 8.88. The summed E-state index contributed by atoms with van der Waals surface area (Å²) in [6, 6.07) is 11.5. The summed E-state index contributed by atoms with van der Waals surface area (Å²) >= 11 is 0. The van der Waals surface area contributed by atoms with E-state index in [9.17, 15) is 4.39 Å². The Hall–Kier alpha value is -2.43.